The first-order valence-corrected chi connectivity index (χ1v) is 7.26. The Labute approximate surface area is 118 Å². The van der Waals surface area contributed by atoms with Gasteiger partial charge in [0.05, 0.1) is 11.8 Å². The number of carboxylic acids is 1. The van der Waals surface area contributed by atoms with E-state index in [1.165, 1.54) is 6.92 Å². The summed E-state index contributed by atoms with van der Waals surface area (Å²) in [6.07, 6.45) is 3.01. The van der Waals surface area contributed by atoms with Gasteiger partial charge in [-0.05, 0) is 25.7 Å². The Bertz CT molecular complexity index is 374. The number of hydrogen-bond acceptors (Lipinski definition) is 3. The molecule has 112 valence electrons. The fraction of sp³-hybridized carbons (Fsp3) is 0.786. The molecule has 0 saturated carbocycles. The number of carboxylic acid groups (broad SMARTS) is 1. The van der Waals surface area contributed by atoms with Gasteiger partial charge in [0.15, 0.2) is 0 Å². The molecule has 2 saturated heterocycles. The van der Waals surface area contributed by atoms with E-state index in [-0.39, 0.29) is 17.7 Å². The van der Waals surface area contributed by atoms with Crippen LogP contribution in [0.15, 0.2) is 0 Å². The quantitative estimate of drug-likeness (QED) is 0.803. The third-order valence-corrected chi connectivity index (χ3v) is 4.30. The van der Waals surface area contributed by atoms with E-state index in [0.29, 0.717) is 26.1 Å². The van der Waals surface area contributed by atoms with Gasteiger partial charge in [0.1, 0.15) is 0 Å². The molecule has 0 spiro atoms. The number of rotatable bonds is 2. The van der Waals surface area contributed by atoms with Crippen LogP contribution >= 0.6 is 0 Å². The van der Waals surface area contributed by atoms with E-state index < -0.39 is 11.9 Å². The Morgan fingerprint density at radius 1 is 0.950 bits per heavy atom. The maximum absolute atomic E-state index is 12.5. The van der Waals surface area contributed by atoms with Crippen molar-refractivity contribution in [1.82, 2.24) is 9.80 Å². The van der Waals surface area contributed by atoms with Crippen molar-refractivity contribution in [2.24, 2.45) is 11.8 Å². The van der Waals surface area contributed by atoms with E-state index in [4.69, 9.17) is 5.11 Å². The van der Waals surface area contributed by atoms with Crippen LogP contribution in [0.25, 0.3) is 0 Å². The van der Waals surface area contributed by atoms with E-state index in [2.05, 4.69) is 0 Å². The van der Waals surface area contributed by atoms with E-state index >= 15 is 0 Å². The van der Waals surface area contributed by atoms with Gasteiger partial charge in [-0.3, -0.25) is 14.4 Å². The number of nitrogens with zero attached hydrogens (tertiary/aromatic N) is 2. The third kappa shape index (κ3) is 3.29. The molecule has 0 radical (unpaired) electrons. The molecule has 1 unspecified atom stereocenters. The van der Waals surface area contributed by atoms with Gasteiger partial charge in [-0.1, -0.05) is 0 Å². The highest BCUT2D eigenvalue weighted by molar-refractivity contribution is 5.81. The second-order valence-corrected chi connectivity index (χ2v) is 5.77. The van der Waals surface area contributed by atoms with Crippen LogP contribution in [-0.4, -0.2) is 58.9 Å². The molecule has 2 rings (SSSR count). The van der Waals surface area contributed by atoms with Crippen molar-refractivity contribution >= 4 is 17.8 Å². The molecular formula is C14H22N2O4. The van der Waals surface area contributed by atoms with Crippen molar-refractivity contribution in [2.45, 2.75) is 32.6 Å². The summed E-state index contributed by atoms with van der Waals surface area (Å²) in [5.74, 6) is -1.41. The van der Waals surface area contributed by atoms with Gasteiger partial charge < -0.3 is 14.9 Å². The molecule has 0 aromatic heterocycles. The van der Waals surface area contributed by atoms with Gasteiger partial charge in [-0.25, -0.2) is 0 Å². The second kappa shape index (κ2) is 6.24. The van der Waals surface area contributed by atoms with E-state index in [0.717, 1.165) is 25.8 Å². The number of likely N-dealkylation sites (tertiary alicyclic amines) is 2. The molecule has 0 bridgehead atoms. The van der Waals surface area contributed by atoms with Crippen molar-refractivity contribution in [3.8, 4) is 0 Å². The maximum atomic E-state index is 12.5. The Morgan fingerprint density at radius 2 is 1.50 bits per heavy atom. The first-order chi connectivity index (χ1) is 9.49. The van der Waals surface area contributed by atoms with Gasteiger partial charge in [-0.15, -0.1) is 0 Å². The largest absolute Gasteiger partial charge is 0.481 e. The fourth-order valence-electron chi connectivity index (χ4n) is 3.10. The molecule has 2 amide bonds. The number of aliphatic carboxylic acids is 1. The summed E-state index contributed by atoms with van der Waals surface area (Å²) >= 11 is 0. The molecule has 2 heterocycles. The second-order valence-electron chi connectivity index (χ2n) is 5.77. The number of carbonyl (C=O) groups excluding carboxylic acids is 2. The Kier molecular flexibility index (Phi) is 4.62. The minimum atomic E-state index is -0.823. The highest BCUT2D eigenvalue weighted by Gasteiger charge is 2.34. The van der Waals surface area contributed by atoms with Crippen LogP contribution in [0.4, 0.5) is 0 Å². The van der Waals surface area contributed by atoms with Crippen molar-refractivity contribution in [3.05, 3.63) is 0 Å². The first-order valence-electron chi connectivity index (χ1n) is 7.26. The highest BCUT2D eigenvalue weighted by Crippen LogP contribution is 2.23. The molecule has 2 atom stereocenters. The Balaban J connectivity index is 1.96. The molecule has 20 heavy (non-hydrogen) atoms. The molecule has 6 heteroatoms. The van der Waals surface area contributed by atoms with Gasteiger partial charge in [-0.2, -0.15) is 0 Å². The van der Waals surface area contributed by atoms with Crippen LogP contribution < -0.4 is 0 Å². The molecule has 2 fully saturated rings. The molecule has 2 aliphatic heterocycles. The average Bonchev–Trinajstić information content (AvgIpc) is 2.46. The molecule has 0 aromatic rings. The molecule has 6 nitrogen and oxygen atoms in total. The van der Waals surface area contributed by atoms with Crippen LogP contribution in [0.3, 0.4) is 0 Å². The zero-order valence-electron chi connectivity index (χ0n) is 11.9. The minimum absolute atomic E-state index is 0.00422. The number of hydrogen-bond donors (Lipinski definition) is 1. The zero-order chi connectivity index (χ0) is 14.7. The average molecular weight is 282 g/mol. The summed E-state index contributed by atoms with van der Waals surface area (Å²) in [7, 11) is 0. The zero-order valence-corrected chi connectivity index (χ0v) is 11.9. The normalized spacial score (nSPS) is 27.2. The van der Waals surface area contributed by atoms with Crippen LogP contribution in [0.5, 0.6) is 0 Å². The van der Waals surface area contributed by atoms with Crippen molar-refractivity contribution in [3.63, 3.8) is 0 Å². The SMILES string of the molecule is CC(=O)N1CCCC(C(=O)N2CCC[C@@H](C(=O)O)C2)C1. The maximum Gasteiger partial charge on any atom is 0.308 e. The lowest BCUT2D eigenvalue weighted by atomic mass is 9.93. The smallest absolute Gasteiger partial charge is 0.308 e. The van der Waals surface area contributed by atoms with E-state index in [9.17, 15) is 14.4 Å². The summed E-state index contributed by atoms with van der Waals surface area (Å²) in [5, 5.41) is 9.07. The summed E-state index contributed by atoms with van der Waals surface area (Å²) in [5.41, 5.74) is 0. The Hall–Kier alpha value is -1.59. The summed E-state index contributed by atoms with van der Waals surface area (Å²) in [4.78, 5) is 38.3. The van der Waals surface area contributed by atoms with E-state index in [1.807, 2.05) is 0 Å². The monoisotopic (exact) mass is 282 g/mol. The van der Waals surface area contributed by atoms with E-state index in [1.54, 1.807) is 9.80 Å². The number of piperidine rings is 2. The summed E-state index contributed by atoms with van der Waals surface area (Å²) in [6.45, 7) is 3.66. The van der Waals surface area contributed by atoms with Gasteiger partial charge >= 0.3 is 5.97 Å². The standard InChI is InChI=1S/C14H22N2O4/c1-10(17)15-6-2-4-11(8-15)13(18)16-7-3-5-12(9-16)14(19)20/h11-12H,2-9H2,1H3,(H,19,20)/t11?,12-/m1/s1. The predicted octanol–water partition coefficient (Wildman–Crippen LogP) is 0.568. The molecule has 0 aromatic carbocycles. The summed E-state index contributed by atoms with van der Waals surface area (Å²) < 4.78 is 0. The molecule has 1 N–H and O–H groups in total. The lowest BCUT2D eigenvalue weighted by molar-refractivity contribution is -0.147. The third-order valence-electron chi connectivity index (χ3n) is 4.30. The fourth-order valence-corrected chi connectivity index (χ4v) is 3.10. The lowest BCUT2D eigenvalue weighted by Gasteiger charge is -2.37. The molecule has 0 aliphatic carbocycles. The van der Waals surface area contributed by atoms with Crippen molar-refractivity contribution in [1.29, 1.82) is 0 Å². The topological polar surface area (TPSA) is 77.9 Å². The minimum Gasteiger partial charge on any atom is -0.481 e. The van der Waals surface area contributed by atoms with Gasteiger partial charge in [0, 0.05) is 33.1 Å². The van der Waals surface area contributed by atoms with Gasteiger partial charge in [0.2, 0.25) is 11.8 Å². The highest BCUT2D eigenvalue weighted by atomic mass is 16.4. The van der Waals surface area contributed by atoms with Crippen molar-refractivity contribution in [2.75, 3.05) is 26.2 Å². The summed E-state index contributed by atoms with van der Waals surface area (Å²) in [6, 6.07) is 0. The first kappa shape index (κ1) is 14.8. The van der Waals surface area contributed by atoms with Crippen LogP contribution in [0, 0.1) is 11.8 Å². The van der Waals surface area contributed by atoms with Crippen LogP contribution in [0.1, 0.15) is 32.6 Å². The molecular weight excluding hydrogens is 260 g/mol. The lowest BCUT2D eigenvalue weighted by Crippen LogP contribution is -2.49. The van der Waals surface area contributed by atoms with Crippen LogP contribution in [-0.2, 0) is 14.4 Å². The van der Waals surface area contributed by atoms with Crippen molar-refractivity contribution < 1.29 is 19.5 Å². The molecule has 2 aliphatic rings. The number of carbonyl (C=O) groups is 3. The van der Waals surface area contributed by atoms with Gasteiger partial charge in [0.25, 0.3) is 0 Å². The Morgan fingerprint density at radius 3 is 2.10 bits per heavy atom. The predicted molar refractivity (Wildman–Crippen MR) is 71.9 cm³/mol. The van der Waals surface area contributed by atoms with Crippen LogP contribution in [0.2, 0.25) is 0 Å². The number of amides is 2.